The van der Waals surface area contributed by atoms with Gasteiger partial charge in [-0.2, -0.15) is 0 Å². The molecular formula is C14H12Br2N2O2. The Morgan fingerprint density at radius 1 is 1.15 bits per heavy atom. The van der Waals surface area contributed by atoms with Crippen LogP contribution < -0.4 is 15.8 Å². The molecule has 0 spiro atoms. The highest BCUT2D eigenvalue weighted by atomic mass is 79.9. The fraction of sp³-hybridized carbons (Fsp3) is 0.0714. The summed E-state index contributed by atoms with van der Waals surface area (Å²) >= 11 is 6.79. The van der Waals surface area contributed by atoms with Crippen molar-refractivity contribution in [2.24, 2.45) is 0 Å². The zero-order valence-electron chi connectivity index (χ0n) is 10.6. The lowest BCUT2D eigenvalue weighted by molar-refractivity contribution is 0.0963. The molecular weight excluding hydrogens is 388 g/mol. The van der Waals surface area contributed by atoms with Crippen molar-refractivity contribution in [3.8, 4) is 11.5 Å². The van der Waals surface area contributed by atoms with Crippen LogP contribution in [0.5, 0.6) is 11.5 Å². The number of anilines is 1. The van der Waals surface area contributed by atoms with E-state index in [0.29, 0.717) is 22.7 Å². The molecule has 4 nitrogen and oxygen atoms in total. The fourth-order valence-electron chi connectivity index (χ4n) is 1.58. The predicted molar refractivity (Wildman–Crippen MR) is 86.2 cm³/mol. The topological polar surface area (TPSA) is 64.4 Å². The number of nitrogen functional groups attached to an aromatic ring is 1. The second-order valence-corrected chi connectivity index (χ2v) is 5.78. The second kappa shape index (κ2) is 6.28. The smallest absolute Gasteiger partial charge is 0.251 e. The van der Waals surface area contributed by atoms with E-state index in [1.807, 2.05) is 12.1 Å². The molecule has 0 aromatic heterocycles. The Morgan fingerprint density at radius 2 is 1.90 bits per heavy atom. The van der Waals surface area contributed by atoms with Crippen molar-refractivity contribution in [3.05, 3.63) is 50.9 Å². The Hall–Kier alpha value is -1.53. The summed E-state index contributed by atoms with van der Waals surface area (Å²) < 4.78 is 7.48. The minimum Gasteiger partial charge on any atom is -0.454 e. The van der Waals surface area contributed by atoms with Gasteiger partial charge in [0, 0.05) is 17.1 Å². The third kappa shape index (κ3) is 3.32. The number of amides is 1. The maximum atomic E-state index is 11.6. The molecule has 0 aliphatic carbocycles. The summed E-state index contributed by atoms with van der Waals surface area (Å²) in [7, 11) is 1.57. The molecule has 1 amide bonds. The quantitative estimate of drug-likeness (QED) is 0.768. The molecule has 0 radical (unpaired) electrons. The molecule has 3 N–H and O–H groups in total. The van der Waals surface area contributed by atoms with Gasteiger partial charge in [-0.05, 0) is 52.3 Å². The Bertz CT molecular complexity index is 660. The van der Waals surface area contributed by atoms with E-state index >= 15 is 0 Å². The van der Waals surface area contributed by atoms with Gasteiger partial charge in [0.1, 0.15) is 5.75 Å². The first-order chi connectivity index (χ1) is 9.51. The summed E-state index contributed by atoms with van der Waals surface area (Å²) in [4.78, 5) is 11.6. The van der Waals surface area contributed by atoms with Crippen LogP contribution in [-0.2, 0) is 0 Å². The second-order valence-electron chi connectivity index (χ2n) is 4.01. The van der Waals surface area contributed by atoms with Gasteiger partial charge in [-0.1, -0.05) is 15.9 Å². The summed E-state index contributed by atoms with van der Waals surface area (Å²) in [6.45, 7) is 0. The van der Waals surface area contributed by atoms with Crippen LogP contribution in [0.15, 0.2) is 45.3 Å². The first-order valence-corrected chi connectivity index (χ1v) is 7.34. The summed E-state index contributed by atoms with van der Waals surface area (Å²) in [5.41, 5.74) is 6.83. The van der Waals surface area contributed by atoms with Gasteiger partial charge in [0.2, 0.25) is 0 Å². The molecule has 0 atom stereocenters. The van der Waals surface area contributed by atoms with Gasteiger partial charge < -0.3 is 15.8 Å². The number of hydrogen-bond donors (Lipinski definition) is 2. The lowest BCUT2D eigenvalue weighted by Gasteiger charge is -2.11. The van der Waals surface area contributed by atoms with Gasteiger partial charge in [0.25, 0.3) is 5.91 Å². The number of nitrogens with two attached hydrogens (primary N) is 1. The molecule has 0 saturated heterocycles. The van der Waals surface area contributed by atoms with Crippen LogP contribution in [0.2, 0.25) is 0 Å². The Morgan fingerprint density at radius 3 is 2.55 bits per heavy atom. The highest BCUT2D eigenvalue weighted by Crippen LogP contribution is 2.34. The van der Waals surface area contributed by atoms with E-state index in [1.165, 1.54) is 0 Å². The molecule has 0 saturated carbocycles. The van der Waals surface area contributed by atoms with Crippen LogP contribution in [0.3, 0.4) is 0 Å². The van der Waals surface area contributed by atoms with Crippen LogP contribution in [-0.4, -0.2) is 13.0 Å². The fourth-order valence-corrected chi connectivity index (χ4v) is 2.71. The third-order valence-electron chi connectivity index (χ3n) is 2.62. The number of carbonyl (C=O) groups is 1. The first kappa shape index (κ1) is 14.9. The van der Waals surface area contributed by atoms with Crippen molar-refractivity contribution in [1.29, 1.82) is 0 Å². The number of ether oxygens (including phenoxy) is 1. The SMILES string of the molecule is CNC(=O)c1ccc(N)c(Oc2ccc(Br)cc2Br)c1. The van der Waals surface area contributed by atoms with Crippen molar-refractivity contribution >= 4 is 43.5 Å². The monoisotopic (exact) mass is 398 g/mol. The summed E-state index contributed by atoms with van der Waals surface area (Å²) in [6.07, 6.45) is 0. The Kier molecular flexibility index (Phi) is 4.67. The van der Waals surface area contributed by atoms with E-state index in [-0.39, 0.29) is 5.91 Å². The van der Waals surface area contributed by atoms with Gasteiger partial charge >= 0.3 is 0 Å². The maximum absolute atomic E-state index is 11.6. The predicted octanol–water partition coefficient (Wildman–Crippen LogP) is 3.95. The molecule has 2 aromatic carbocycles. The zero-order chi connectivity index (χ0) is 14.7. The van der Waals surface area contributed by atoms with Crippen molar-refractivity contribution in [2.45, 2.75) is 0 Å². The van der Waals surface area contributed by atoms with Crippen molar-refractivity contribution in [3.63, 3.8) is 0 Å². The van der Waals surface area contributed by atoms with Crippen LogP contribution in [0.1, 0.15) is 10.4 Å². The molecule has 6 heteroatoms. The number of halogens is 2. The van der Waals surface area contributed by atoms with E-state index in [4.69, 9.17) is 10.5 Å². The normalized spacial score (nSPS) is 10.2. The highest BCUT2D eigenvalue weighted by Gasteiger charge is 2.10. The zero-order valence-corrected chi connectivity index (χ0v) is 13.8. The lowest BCUT2D eigenvalue weighted by atomic mass is 10.2. The lowest BCUT2D eigenvalue weighted by Crippen LogP contribution is -2.17. The molecule has 0 aliphatic rings. The van der Waals surface area contributed by atoms with E-state index in [2.05, 4.69) is 37.2 Å². The number of rotatable bonds is 3. The van der Waals surface area contributed by atoms with Crippen LogP contribution in [0.4, 0.5) is 5.69 Å². The summed E-state index contributed by atoms with van der Waals surface area (Å²) in [5, 5.41) is 2.56. The molecule has 0 bridgehead atoms. The van der Waals surface area contributed by atoms with E-state index in [9.17, 15) is 4.79 Å². The van der Waals surface area contributed by atoms with Crippen molar-refractivity contribution in [1.82, 2.24) is 5.32 Å². The van der Waals surface area contributed by atoms with Gasteiger partial charge in [0.05, 0.1) is 10.2 Å². The maximum Gasteiger partial charge on any atom is 0.251 e. The molecule has 104 valence electrons. The third-order valence-corrected chi connectivity index (χ3v) is 3.73. The molecule has 0 fully saturated rings. The molecule has 0 heterocycles. The van der Waals surface area contributed by atoms with Crippen LogP contribution in [0, 0.1) is 0 Å². The molecule has 2 rings (SSSR count). The number of benzene rings is 2. The summed E-state index contributed by atoms with van der Waals surface area (Å²) in [6, 6.07) is 10.4. The van der Waals surface area contributed by atoms with E-state index in [1.54, 1.807) is 31.3 Å². The average molecular weight is 400 g/mol. The van der Waals surface area contributed by atoms with E-state index < -0.39 is 0 Å². The Balaban J connectivity index is 2.35. The summed E-state index contributed by atoms with van der Waals surface area (Å²) in [5.74, 6) is 0.868. The van der Waals surface area contributed by atoms with Gasteiger partial charge in [-0.3, -0.25) is 4.79 Å². The molecule has 0 aliphatic heterocycles. The minimum atomic E-state index is -0.190. The first-order valence-electron chi connectivity index (χ1n) is 5.76. The number of hydrogen-bond acceptors (Lipinski definition) is 3. The van der Waals surface area contributed by atoms with Gasteiger partial charge in [-0.25, -0.2) is 0 Å². The Labute approximate surface area is 133 Å². The largest absolute Gasteiger partial charge is 0.454 e. The standard InChI is InChI=1S/C14H12Br2N2O2/c1-18-14(19)8-2-4-11(17)13(6-8)20-12-5-3-9(15)7-10(12)16/h2-7H,17H2,1H3,(H,18,19). The van der Waals surface area contributed by atoms with Gasteiger partial charge in [0.15, 0.2) is 5.75 Å². The van der Waals surface area contributed by atoms with Crippen LogP contribution in [0.25, 0.3) is 0 Å². The molecule has 20 heavy (non-hydrogen) atoms. The minimum absolute atomic E-state index is 0.190. The van der Waals surface area contributed by atoms with Crippen molar-refractivity contribution in [2.75, 3.05) is 12.8 Å². The highest BCUT2D eigenvalue weighted by molar-refractivity contribution is 9.11. The van der Waals surface area contributed by atoms with Crippen molar-refractivity contribution < 1.29 is 9.53 Å². The van der Waals surface area contributed by atoms with Crippen LogP contribution >= 0.6 is 31.9 Å². The molecule has 0 unspecified atom stereocenters. The average Bonchev–Trinajstić information content (AvgIpc) is 2.43. The number of carbonyl (C=O) groups excluding carboxylic acids is 1. The van der Waals surface area contributed by atoms with E-state index in [0.717, 1.165) is 8.95 Å². The van der Waals surface area contributed by atoms with Gasteiger partial charge in [-0.15, -0.1) is 0 Å². The molecule has 2 aromatic rings. The number of nitrogens with one attached hydrogen (secondary N) is 1.